The van der Waals surface area contributed by atoms with Crippen LogP contribution in [0.1, 0.15) is 36.4 Å². The van der Waals surface area contributed by atoms with Crippen LogP contribution >= 0.6 is 0 Å². The Balaban J connectivity index is 1.40. The molecule has 2 heterocycles. The molecule has 0 spiro atoms. The first-order valence-corrected chi connectivity index (χ1v) is 10.0. The van der Waals surface area contributed by atoms with Crippen molar-refractivity contribution in [1.29, 1.82) is 0 Å². The molecule has 28 heavy (non-hydrogen) atoms. The second kappa shape index (κ2) is 8.17. The highest BCUT2D eigenvalue weighted by atomic mass is 19.1. The van der Waals surface area contributed by atoms with Crippen LogP contribution in [0.5, 0.6) is 5.75 Å². The summed E-state index contributed by atoms with van der Waals surface area (Å²) in [4.78, 5) is 2.42. The van der Waals surface area contributed by atoms with Gasteiger partial charge in [0.1, 0.15) is 11.6 Å². The van der Waals surface area contributed by atoms with E-state index in [1.165, 1.54) is 12.1 Å². The summed E-state index contributed by atoms with van der Waals surface area (Å²) < 4.78 is 13.2. The lowest BCUT2D eigenvalue weighted by molar-refractivity contribution is 0.0207. The van der Waals surface area contributed by atoms with Crippen molar-refractivity contribution < 1.29 is 14.6 Å². The predicted octanol–water partition coefficient (Wildman–Crippen LogP) is 2.67. The Morgan fingerprint density at radius 1 is 1.04 bits per heavy atom. The summed E-state index contributed by atoms with van der Waals surface area (Å²) in [5.74, 6) is 0.407. The van der Waals surface area contributed by atoms with Gasteiger partial charge in [0.2, 0.25) is 0 Å². The number of phenolic OH excluding ortho intramolecular Hbond substituents is 1. The molecule has 0 bridgehead atoms. The van der Waals surface area contributed by atoms with Crippen molar-refractivity contribution in [3.8, 4) is 5.75 Å². The molecule has 0 aliphatic carbocycles. The summed E-state index contributed by atoms with van der Waals surface area (Å²) in [7, 11) is 0. The van der Waals surface area contributed by atoms with E-state index in [4.69, 9.17) is 0 Å². The van der Waals surface area contributed by atoms with Crippen molar-refractivity contribution in [1.82, 2.24) is 15.8 Å². The van der Waals surface area contributed by atoms with Gasteiger partial charge in [-0.2, -0.15) is 0 Å². The fraction of sp³-hybridized carbons (Fsp3) is 0.455. The molecule has 2 fully saturated rings. The molecule has 3 unspecified atom stereocenters. The van der Waals surface area contributed by atoms with Crippen molar-refractivity contribution in [3.05, 3.63) is 65.5 Å². The first-order valence-electron chi connectivity index (χ1n) is 10.0. The molecule has 5 nitrogen and oxygen atoms in total. The van der Waals surface area contributed by atoms with E-state index in [1.807, 2.05) is 12.1 Å². The summed E-state index contributed by atoms with van der Waals surface area (Å²) in [6.45, 7) is 3.57. The molecule has 4 rings (SSSR count). The van der Waals surface area contributed by atoms with Gasteiger partial charge in [-0.15, -0.1) is 0 Å². The highest BCUT2D eigenvalue weighted by Crippen LogP contribution is 2.34. The van der Waals surface area contributed by atoms with Crippen molar-refractivity contribution in [3.63, 3.8) is 0 Å². The molecule has 6 heteroatoms. The highest BCUT2D eigenvalue weighted by molar-refractivity contribution is 5.29. The number of nitrogens with zero attached hydrogens (tertiary/aromatic N) is 1. The van der Waals surface area contributed by atoms with Crippen LogP contribution in [-0.2, 0) is 5.60 Å². The quantitative estimate of drug-likeness (QED) is 0.652. The van der Waals surface area contributed by atoms with E-state index in [0.717, 1.165) is 43.7 Å². The minimum Gasteiger partial charge on any atom is -0.508 e. The Kier molecular flexibility index (Phi) is 5.64. The highest BCUT2D eigenvalue weighted by Gasteiger charge is 2.34. The lowest BCUT2D eigenvalue weighted by Crippen LogP contribution is -2.35. The van der Waals surface area contributed by atoms with Crippen LogP contribution in [0.2, 0.25) is 0 Å². The molecule has 0 radical (unpaired) electrons. The third kappa shape index (κ3) is 4.20. The molecule has 4 N–H and O–H groups in total. The van der Waals surface area contributed by atoms with Crippen LogP contribution in [0, 0.1) is 11.7 Å². The standard InChI is InChI=1S/C22H28FN3O2/c23-19-6-4-18(5-7-19)22(28)10-1-12-26(13-11-22)15-17-14-24-25-21(17)16-2-8-20(27)9-3-16/h2-9,17,21,24-25,27-28H,1,10-15H2. The number of halogens is 1. The fourth-order valence-electron chi connectivity index (χ4n) is 4.48. The normalized spacial score (nSPS) is 28.9. The number of hydrogen-bond acceptors (Lipinski definition) is 5. The molecule has 2 aromatic carbocycles. The number of nitrogens with one attached hydrogen (secondary N) is 2. The molecular weight excluding hydrogens is 357 g/mol. The van der Waals surface area contributed by atoms with Crippen molar-refractivity contribution in [2.45, 2.75) is 30.9 Å². The van der Waals surface area contributed by atoms with E-state index in [9.17, 15) is 14.6 Å². The zero-order valence-electron chi connectivity index (χ0n) is 15.9. The van der Waals surface area contributed by atoms with Gasteiger partial charge in [0.05, 0.1) is 11.6 Å². The van der Waals surface area contributed by atoms with E-state index in [0.29, 0.717) is 18.8 Å². The van der Waals surface area contributed by atoms with Crippen LogP contribution < -0.4 is 10.9 Å². The first kappa shape index (κ1) is 19.3. The van der Waals surface area contributed by atoms with Gasteiger partial charge in [-0.25, -0.2) is 9.82 Å². The number of rotatable bonds is 4. The summed E-state index contributed by atoms with van der Waals surface area (Å²) >= 11 is 0. The van der Waals surface area contributed by atoms with Crippen LogP contribution in [0.4, 0.5) is 4.39 Å². The van der Waals surface area contributed by atoms with Gasteiger partial charge in [0.25, 0.3) is 0 Å². The number of hydrogen-bond donors (Lipinski definition) is 4. The summed E-state index contributed by atoms with van der Waals surface area (Å²) in [5.41, 5.74) is 7.70. The predicted molar refractivity (Wildman–Crippen MR) is 106 cm³/mol. The second-order valence-electron chi connectivity index (χ2n) is 8.05. The molecule has 2 aliphatic heterocycles. The van der Waals surface area contributed by atoms with Gasteiger partial charge in [-0.1, -0.05) is 24.3 Å². The Labute approximate surface area is 165 Å². The maximum Gasteiger partial charge on any atom is 0.123 e. The van der Waals surface area contributed by atoms with Crippen LogP contribution in [-0.4, -0.2) is 41.3 Å². The Morgan fingerprint density at radius 3 is 2.54 bits per heavy atom. The minimum absolute atomic E-state index is 0.194. The lowest BCUT2D eigenvalue weighted by atomic mass is 9.87. The van der Waals surface area contributed by atoms with Gasteiger partial charge in [0, 0.05) is 25.6 Å². The summed E-state index contributed by atoms with van der Waals surface area (Å²) in [6, 6.07) is 13.8. The molecule has 2 aliphatic rings. The van der Waals surface area contributed by atoms with Crippen molar-refractivity contribution in [2.24, 2.45) is 5.92 Å². The number of phenols is 1. The SMILES string of the molecule is Oc1ccc(C2NNCC2CN2CCCC(O)(c3ccc(F)cc3)CC2)cc1. The minimum atomic E-state index is -0.884. The third-order valence-electron chi connectivity index (χ3n) is 6.13. The zero-order chi connectivity index (χ0) is 19.6. The molecule has 0 amide bonds. The summed E-state index contributed by atoms with van der Waals surface area (Å²) in [6.07, 6.45) is 2.25. The lowest BCUT2D eigenvalue weighted by Gasteiger charge is -2.29. The van der Waals surface area contributed by atoms with Crippen LogP contribution in [0.25, 0.3) is 0 Å². The third-order valence-corrected chi connectivity index (χ3v) is 6.13. The number of aromatic hydroxyl groups is 1. The molecule has 0 saturated carbocycles. The Hall–Kier alpha value is -1.99. The van der Waals surface area contributed by atoms with E-state index in [2.05, 4.69) is 15.8 Å². The Bertz CT molecular complexity index is 783. The number of benzene rings is 2. The van der Waals surface area contributed by atoms with Gasteiger partial charge in [-0.05, 0) is 61.2 Å². The zero-order valence-corrected chi connectivity index (χ0v) is 15.9. The van der Waals surface area contributed by atoms with E-state index in [1.54, 1.807) is 24.3 Å². The fourth-order valence-corrected chi connectivity index (χ4v) is 4.48. The van der Waals surface area contributed by atoms with E-state index in [-0.39, 0.29) is 17.6 Å². The molecular formula is C22H28FN3O2. The van der Waals surface area contributed by atoms with Gasteiger partial charge in [0.15, 0.2) is 0 Å². The maximum atomic E-state index is 13.2. The van der Waals surface area contributed by atoms with Crippen molar-refractivity contribution >= 4 is 0 Å². The summed E-state index contributed by atoms with van der Waals surface area (Å²) in [5, 5.41) is 20.7. The average molecular weight is 385 g/mol. The topological polar surface area (TPSA) is 67.8 Å². The maximum absolute atomic E-state index is 13.2. The first-order chi connectivity index (χ1) is 13.5. The van der Waals surface area contributed by atoms with E-state index < -0.39 is 5.60 Å². The van der Waals surface area contributed by atoms with Gasteiger partial charge >= 0.3 is 0 Å². The molecule has 0 aromatic heterocycles. The number of aliphatic hydroxyl groups is 1. The largest absolute Gasteiger partial charge is 0.508 e. The monoisotopic (exact) mass is 385 g/mol. The van der Waals surface area contributed by atoms with Crippen LogP contribution in [0.3, 0.4) is 0 Å². The molecule has 150 valence electrons. The van der Waals surface area contributed by atoms with Gasteiger partial charge in [-0.3, -0.25) is 5.43 Å². The molecule has 3 atom stereocenters. The van der Waals surface area contributed by atoms with Crippen LogP contribution in [0.15, 0.2) is 48.5 Å². The smallest absolute Gasteiger partial charge is 0.123 e. The number of likely N-dealkylation sites (tertiary alicyclic amines) is 1. The number of hydrazine groups is 1. The molecule has 2 aromatic rings. The average Bonchev–Trinajstić information content (AvgIpc) is 3.06. The molecule has 2 saturated heterocycles. The second-order valence-corrected chi connectivity index (χ2v) is 8.05. The Morgan fingerprint density at radius 2 is 1.79 bits per heavy atom. The van der Waals surface area contributed by atoms with Crippen molar-refractivity contribution in [2.75, 3.05) is 26.2 Å². The van der Waals surface area contributed by atoms with Gasteiger partial charge < -0.3 is 15.1 Å². The van der Waals surface area contributed by atoms with E-state index >= 15 is 0 Å².